The summed E-state index contributed by atoms with van der Waals surface area (Å²) in [5.41, 5.74) is 3.01. The molecule has 0 spiro atoms. The molecule has 1 unspecified atom stereocenters. The average Bonchev–Trinajstić information content (AvgIpc) is 2.92. The molecule has 5 nitrogen and oxygen atoms in total. The maximum Gasteiger partial charge on any atom is 0.161 e. The van der Waals surface area contributed by atoms with E-state index in [1.807, 2.05) is 32.0 Å². The van der Waals surface area contributed by atoms with Gasteiger partial charge in [0.2, 0.25) is 0 Å². The van der Waals surface area contributed by atoms with Crippen molar-refractivity contribution >= 4 is 17.2 Å². The fourth-order valence-corrected chi connectivity index (χ4v) is 3.69. The summed E-state index contributed by atoms with van der Waals surface area (Å²) in [7, 11) is 2.07. The molecule has 3 aromatic heterocycles. The van der Waals surface area contributed by atoms with Crippen molar-refractivity contribution in [1.82, 2.24) is 19.9 Å². The van der Waals surface area contributed by atoms with Crippen molar-refractivity contribution in [2.75, 3.05) is 11.9 Å². The summed E-state index contributed by atoms with van der Waals surface area (Å²) in [6, 6.07) is 6.08. The van der Waals surface area contributed by atoms with Gasteiger partial charge in [-0.25, -0.2) is 15.0 Å². The first kappa shape index (κ1) is 16.5. The number of nitrogens with zero attached hydrogens (tertiary/aromatic N) is 5. The van der Waals surface area contributed by atoms with E-state index in [0.717, 1.165) is 33.6 Å². The number of anilines is 1. The summed E-state index contributed by atoms with van der Waals surface area (Å²) in [6.07, 6.45) is 3.52. The largest absolute Gasteiger partial charge is 0.352 e. The first-order valence-electron chi connectivity index (χ1n) is 7.88. The molecule has 0 fully saturated rings. The summed E-state index contributed by atoms with van der Waals surface area (Å²) >= 11 is 1.75. The Balaban J connectivity index is 1.97. The molecule has 6 heteroatoms. The molecule has 24 heavy (non-hydrogen) atoms. The van der Waals surface area contributed by atoms with E-state index in [9.17, 15) is 0 Å². The molecular weight excluding hydrogens is 318 g/mol. The highest BCUT2D eigenvalue weighted by atomic mass is 32.1. The Morgan fingerprint density at radius 1 is 1.04 bits per heavy atom. The second kappa shape index (κ2) is 6.65. The second-order valence-corrected chi connectivity index (χ2v) is 7.13. The van der Waals surface area contributed by atoms with Crippen LogP contribution in [0.25, 0.3) is 11.4 Å². The van der Waals surface area contributed by atoms with Gasteiger partial charge in [0, 0.05) is 41.6 Å². The maximum atomic E-state index is 4.76. The minimum absolute atomic E-state index is 0.204. The molecule has 0 amide bonds. The van der Waals surface area contributed by atoms with Crippen molar-refractivity contribution in [3.8, 4) is 11.4 Å². The summed E-state index contributed by atoms with van der Waals surface area (Å²) in [5, 5.41) is 1.10. The third-order valence-corrected chi connectivity index (χ3v) is 5.28. The molecule has 3 rings (SSSR count). The lowest BCUT2D eigenvalue weighted by Crippen LogP contribution is -2.23. The standard InChI is InChI=1S/C18H21N5S/c1-11-10-16(22-18(20-11)15-6-8-19-9-7-15)23(5)13(3)17-12(2)21-14(4)24-17/h6-10,13H,1-5H3. The number of thiazole rings is 1. The van der Waals surface area contributed by atoms with Crippen LogP contribution in [0.2, 0.25) is 0 Å². The van der Waals surface area contributed by atoms with Crippen molar-refractivity contribution < 1.29 is 0 Å². The van der Waals surface area contributed by atoms with Crippen LogP contribution in [0.4, 0.5) is 5.82 Å². The zero-order chi connectivity index (χ0) is 17.3. The molecule has 1 atom stereocenters. The molecule has 3 aromatic rings. The van der Waals surface area contributed by atoms with Gasteiger partial charge in [0.15, 0.2) is 5.82 Å². The van der Waals surface area contributed by atoms with E-state index in [0.29, 0.717) is 0 Å². The monoisotopic (exact) mass is 339 g/mol. The predicted molar refractivity (Wildman–Crippen MR) is 98.4 cm³/mol. The number of aromatic nitrogens is 4. The molecule has 0 radical (unpaired) electrons. The Labute approximate surface area is 146 Å². The van der Waals surface area contributed by atoms with Crippen molar-refractivity contribution in [2.45, 2.75) is 33.7 Å². The Bertz CT molecular complexity index is 844. The van der Waals surface area contributed by atoms with Gasteiger partial charge in [-0.2, -0.15) is 0 Å². The van der Waals surface area contributed by atoms with Gasteiger partial charge in [0.1, 0.15) is 5.82 Å². The number of hydrogen-bond donors (Lipinski definition) is 0. The molecule has 0 aliphatic heterocycles. The van der Waals surface area contributed by atoms with Gasteiger partial charge in [-0.3, -0.25) is 4.98 Å². The van der Waals surface area contributed by atoms with Crippen LogP contribution in [-0.4, -0.2) is 27.0 Å². The lowest BCUT2D eigenvalue weighted by molar-refractivity contribution is 0.732. The van der Waals surface area contributed by atoms with Crippen LogP contribution in [0.15, 0.2) is 30.6 Å². The van der Waals surface area contributed by atoms with Crippen molar-refractivity contribution in [2.24, 2.45) is 0 Å². The summed E-state index contributed by atoms with van der Waals surface area (Å²) in [6.45, 7) is 8.29. The predicted octanol–water partition coefficient (Wildman–Crippen LogP) is 4.12. The number of aryl methyl sites for hydroxylation is 3. The van der Waals surface area contributed by atoms with E-state index in [1.165, 1.54) is 4.88 Å². The Kier molecular flexibility index (Phi) is 4.57. The quantitative estimate of drug-likeness (QED) is 0.716. The molecule has 0 saturated heterocycles. The van der Waals surface area contributed by atoms with Crippen molar-refractivity contribution in [3.05, 3.63) is 51.9 Å². The van der Waals surface area contributed by atoms with E-state index < -0.39 is 0 Å². The second-order valence-electron chi connectivity index (χ2n) is 5.90. The van der Waals surface area contributed by atoms with Gasteiger partial charge in [-0.1, -0.05) is 0 Å². The van der Waals surface area contributed by atoms with E-state index in [2.05, 4.69) is 40.7 Å². The zero-order valence-corrected chi connectivity index (χ0v) is 15.4. The Hall–Kier alpha value is -2.34. The highest BCUT2D eigenvalue weighted by molar-refractivity contribution is 7.11. The fourth-order valence-electron chi connectivity index (χ4n) is 2.67. The first-order valence-corrected chi connectivity index (χ1v) is 8.70. The van der Waals surface area contributed by atoms with Crippen LogP contribution < -0.4 is 4.90 Å². The van der Waals surface area contributed by atoms with Gasteiger partial charge >= 0.3 is 0 Å². The number of pyridine rings is 1. The summed E-state index contributed by atoms with van der Waals surface area (Å²) in [5.74, 6) is 1.64. The minimum Gasteiger partial charge on any atom is -0.352 e. The van der Waals surface area contributed by atoms with E-state index in [1.54, 1.807) is 23.7 Å². The van der Waals surface area contributed by atoms with Gasteiger partial charge in [0.25, 0.3) is 0 Å². The topological polar surface area (TPSA) is 54.8 Å². The van der Waals surface area contributed by atoms with Gasteiger partial charge < -0.3 is 4.90 Å². The third kappa shape index (κ3) is 3.28. The molecular formula is C18H21N5S. The summed E-state index contributed by atoms with van der Waals surface area (Å²) < 4.78 is 0. The average molecular weight is 339 g/mol. The molecule has 0 aliphatic carbocycles. The molecule has 0 saturated carbocycles. The molecule has 3 heterocycles. The molecule has 0 bridgehead atoms. The van der Waals surface area contributed by atoms with Gasteiger partial charge in [0.05, 0.1) is 16.7 Å². The molecule has 0 N–H and O–H groups in total. The van der Waals surface area contributed by atoms with Crippen LogP contribution in [0.3, 0.4) is 0 Å². The van der Waals surface area contributed by atoms with E-state index >= 15 is 0 Å². The van der Waals surface area contributed by atoms with Gasteiger partial charge in [-0.15, -0.1) is 11.3 Å². The highest BCUT2D eigenvalue weighted by Crippen LogP contribution is 2.31. The van der Waals surface area contributed by atoms with Crippen LogP contribution in [0.5, 0.6) is 0 Å². The highest BCUT2D eigenvalue weighted by Gasteiger charge is 2.19. The SMILES string of the molecule is Cc1cc(N(C)C(C)c2sc(C)nc2C)nc(-c2ccncc2)n1. The van der Waals surface area contributed by atoms with Crippen LogP contribution in [0.1, 0.15) is 34.2 Å². The Morgan fingerprint density at radius 2 is 1.75 bits per heavy atom. The minimum atomic E-state index is 0.204. The normalized spacial score (nSPS) is 12.2. The summed E-state index contributed by atoms with van der Waals surface area (Å²) in [4.78, 5) is 21.4. The molecule has 0 aliphatic rings. The van der Waals surface area contributed by atoms with Crippen LogP contribution in [-0.2, 0) is 0 Å². The smallest absolute Gasteiger partial charge is 0.161 e. The van der Waals surface area contributed by atoms with E-state index in [4.69, 9.17) is 4.98 Å². The van der Waals surface area contributed by atoms with Crippen LogP contribution >= 0.6 is 11.3 Å². The van der Waals surface area contributed by atoms with Crippen LogP contribution in [0, 0.1) is 20.8 Å². The molecule has 124 valence electrons. The fraction of sp³-hybridized carbons (Fsp3) is 0.333. The molecule has 0 aromatic carbocycles. The number of rotatable bonds is 4. The van der Waals surface area contributed by atoms with Crippen molar-refractivity contribution in [1.29, 1.82) is 0 Å². The lowest BCUT2D eigenvalue weighted by atomic mass is 10.2. The zero-order valence-electron chi connectivity index (χ0n) is 14.6. The Morgan fingerprint density at radius 3 is 2.38 bits per heavy atom. The van der Waals surface area contributed by atoms with E-state index in [-0.39, 0.29) is 6.04 Å². The third-order valence-electron chi connectivity index (χ3n) is 4.04. The van der Waals surface area contributed by atoms with Crippen molar-refractivity contribution in [3.63, 3.8) is 0 Å². The maximum absolute atomic E-state index is 4.76. The lowest BCUT2D eigenvalue weighted by Gasteiger charge is -2.26. The van der Waals surface area contributed by atoms with Gasteiger partial charge in [-0.05, 0) is 39.8 Å². The first-order chi connectivity index (χ1) is 11.5. The number of hydrogen-bond acceptors (Lipinski definition) is 6.